The van der Waals surface area contributed by atoms with E-state index in [0.29, 0.717) is 5.12 Å². The molecule has 1 nitrogen and oxygen atoms in total. The lowest BCUT2D eigenvalue weighted by atomic mass is 10.00. The molecule has 1 aliphatic heterocycles. The fraction of sp³-hybridized carbons (Fsp3) is 0.889. The van der Waals surface area contributed by atoms with Crippen LogP contribution >= 0.6 is 11.8 Å². The Bertz CT molecular complexity index is 134. The molecule has 0 amide bonds. The molecule has 0 aromatic rings. The zero-order valence-electron chi connectivity index (χ0n) is 7.14. The molecule has 0 saturated carbocycles. The highest BCUT2D eigenvalue weighted by atomic mass is 32.2. The molecule has 64 valence electrons. The van der Waals surface area contributed by atoms with Crippen LogP contribution in [0.15, 0.2) is 0 Å². The monoisotopic (exact) mass is 172 g/mol. The lowest BCUT2D eigenvalue weighted by molar-refractivity contribution is -0.111. The van der Waals surface area contributed by atoms with Crippen LogP contribution in [0.2, 0.25) is 0 Å². The summed E-state index contributed by atoms with van der Waals surface area (Å²) in [6.07, 6.45) is 5.67. The summed E-state index contributed by atoms with van der Waals surface area (Å²) >= 11 is 1.53. The first-order valence-corrected chi connectivity index (χ1v) is 5.43. The van der Waals surface area contributed by atoms with Gasteiger partial charge in [-0.3, -0.25) is 4.79 Å². The van der Waals surface area contributed by atoms with Crippen molar-refractivity contribution >= 4 is 16.9 Å². The van der Waals surface area contributed by atoms with Gasteiger partial charge in [0.1, 0.15) is 0 Å². The van der Waals surface area contributed by atoms with Gasteiger partial charge in [-0.1, -0.05) is 25.1 Å². The van der Waals surface area contributed by atoms with Gasteiger partial charge in [0, 0.05) is 12.2 Å². The van der Waals surface area contributed by atoms with Crippen LogP contribution < -0.4 is 0 Å². The maximum atomic E-state index is 11.1. The van der Waals surface area contributed by atoms with Gasteiger partial charge in [0.2, 0.25) is 0 Å². The predicted molar refractivity (Wildman–Crippen MR) is 49.7 cm³/mol. The van der Waals surface area contributed by atoms with Crippen LogP contribution in [0.5, 0.6) is 0 Å². The zero-order chi connectivity index (χ0) is 8.10. The second kappa shape index (κ2) is 4.81. The maximum absolute atomic E-state index is 11.1. The summed E-state index contributed by atoms with van der Waals surface area (Å²) in [4.78, 5) is 11.1. The SMILES string of the molecule is CC1CCCSC(=O)CCC1. The predicted octanol–water partition coefficient (Wildman–Crippen LogP) is 2.85. The van der Waals surface area contributed by atoms with Crippen molar-refractivity contribution in [1.29, 1.82) is 0 Å². The van der Waals surface area contributed by atoms with E-state index in [2.05, 4.69) is 6.92 Å². The molecule has 1 heterocycles. The van der Waals surface area contributed by atoms with E-state index in [4.69, 9.17) is 0 Å². The molecular formula is C9H16OS. The fourth-order valence-corrected chi connectivity index (χ4v) is 2.26. The topological polar surface area (TPSA) is 17.1 Å². The third-order valence-corrected chi connectivity index (χ3v) is 3.20. The Labute approximate surface area is 72.9 Å². The molecule has 0 aromatic heterocycles. The van der Waals surface area contributed by atoms with Crippen LogP contribution in [0.1, 0.15) is 39.0 Å². The summed E-state index contributed by atoms with van der Waals surface area (Å²) in [5.41, 5.74) is 0. The van der Waals surface area contributed by atoms with Gasteiger partial charge >= 0.3 is 0 Å². The number of hydrogen-bond acceptors (Lipinski definition) is 2. The van der Waals surface area contributed by atoms with Crippen LogP contribution in [0.3, 0.4) is 0 Å². The first-order chi connectivity index (χ1) is 5.29. The molecule has 1 saturated heterocycles. The van der Waals surface area contributed by atoms with Gasteiger partial charge in [0.05, 0.1) is 0 Å². The minimum absolute atomic E-state index is 0.402. The van der Waals surface area contributed by atoms with E-state index >= 15 is 0 Å². The van der Waals surface area contributed by atoms with Crippen molar-refractivity contribution in [2.45, 2.75) is 39.0 Å². The van der Waals surface area contributed by atoms with Crippen LogP contribution in [0.25, 0.3) is 0 Å². The highest BCUT2D eigenvalue weighted by Gasteiger charge is 2.09. The van der Waals surface area contributed by atoms with E-state index in [1.165, 1.54) is 31.0 Å². The highest BCUT2D eigenvalue weighted by Crippen LogP contribution is 2.21. The normalized spacial score (nSPS) is 28.8. The Morgan fingerprint density at radius 3 is 2.91 bits per heavy atom. The molecule has 0 bridgehead atoms. The van der Waals surface area contributed by atoms with E-state index in [-0.39, 0.29) is 0 Å². The maximum Gasteiger partial charge on any atom is 0.188 e. The zero-order valence-corrected chi connectivity index (χ0v) is 7.95. The van der Waals surface area contributed by atoms with Crippen LogP contribution in [-0.2, 0) is 4.79 Å². The second-order valence-corrected chi connectivity index (χ2v) is 4.51. The van der Waals surface area contributed by atoms with Crippen LogP contribution in [0.4, 0.5) is 0 Å². The second-order valence-electron chi connectivity index (χ2n) is 3.36. The van der Waals surface area contributed by atoms with Crippen molar-refractivity contribution in [1.82, 2.24) is 0 Å². The minimum atomic E-state index is 0.402. The Kier molecular flexibility index (Phi) is 3.98. The Morgan fingerprint density at radius 2 is 2.09 bits per heavy atom. The number of rotatable bonds is 0. The number of carbonyl (C=O) groups excluding carboxylic acids is 1. The summed E-state index contributed by atoms with van der Waals surface area (Å²) in [6.45, 7) is 2.29. The van der Waals surface area contributed by atoms with E-state index in [9.17, 15) is 4.79 Å². The summed E-state index contributed by atoms with van der Waals surface area (Å²) in [5, 5.41) is 0.402. The third kappa shape index (κ3) is 3.80. The number of hydrogen-bond donors (Lipinski definition) is 0. The van der Waals surface area contributed by atoms with E-state index in [1.807, 2.05) is 0 Å². The van der Waals surface area contributed by atoms with Gasteiger partial charge in [0.15, 0.2) is 5.12 Å². The van der Waals surface area contributed by atoms with Gasteiger partial charge in [-0.25, -0.2) is 0 Å². The smallest absolute Gasteiger partial charge is 0.188 e. The van der Waals surface area contributed by atoms with Gasteiger partial charge < -0.3 is 0 Å². The van der Waals surface area contributed by atoms with Gasteiger partial charge in [-0.05, 0) is 25.2 Å². The molecule has 11 heavy (non-hydrogen) atoms. The average molecular weight is 172 g/mol. The van der Waals surface area contributed by atoms with Crippen molar-refractivity contribution in [3.63, 3.8) is 0 Å². The Hall–Kier alpha value is 0.0200. The average Bonchev–Trinajstić information content (AvgIpc) is 2.04. The summed E-state index contributed by atoms with van der Waals surface area (Å²) in [5.74, 6) is 1.88. The number of carbonyl (C=O) groups is 1. The van der Waals surface area contributed by atoms with Gasteiger partial charge in [0.25, 0.3) is 0 Å². The standard InChI is InChI=1S/C9H16OS/c1-8-4-2-6-9(10)11-7-3-5-8/h8H,2-7H2,1H3. The molecule has 0 N–H and O–H groups in total. The van der Waals surface area contributed by atoms with Crippen molar-refractivity contribution in [3.8, 4) is 0 Å². The third-order valence-electron chi connectivity index (χ3n) is 2.18. The van der Waals surface area contributed by atoms with Crippen LogP contribution in [-0.4, -0.2) is 10.9 Å². The first kappa shape index (κ1) is 9.11. The lowest BCUT2D eigenvalue weighted by Gasteiger charge is -2.06. The molecular weight excluding hydrogens is 156 g/mol. The largest absolute Gasteiger partial charge is 0.287 e. The Balaban J connectivity index is 2.29. The molecule has 0 aliphatic carbocycles. The minimum Gasteiger partial charge on any atom is -0.287 e. The van der Waals surface area contributed by atoms with Crippen molar-refractivity contribution in [2.24, 2.45) is 5.92 Å². The fourth-order valence-electron chi connectivity index (χ4n) is 1.43. The van der Waals surface area contributed by atoms with Gasteiger partial charge in [-0.2, -0.15) is 0 Å². The molecule has 0 aromatic carbocycles. The highest BCUT2D eigenvalue weighted by molar-refractivity contribution is 8.13. The summed E-state index contributed by atoms with van der Waals surface area (Å²) < 4.78 is 0. The first-order valence-electron chi connectivity index (χ1n) is 4.44. The molecule has 1 aliphatic rings. The van der Waals surface area contributed by atoms with Crippen molar-refractivity contribution in [2.75, 3.05) is 5.75 Å². The van der Waals surface area contributed by atoms with Crippen LogP contribution in [0, 0.1) is 5.92 Å². The summed E-state index contributed by atoms with van der Waals surface area (Å²) in [7, 11) is 0. The van der Waals surface area contributed by atoms with Gasteiger partial charge in [-0.15, -0.1) is 0 Å². The van der Waals surface area contributed by atoms with Crippen molar-refractivity contribution < 1.29 is 4.79 Å². The molecule has 2 heteroatoms. The summed E-state index contributed by atoms with van der Waals surface area (Å²) in [6, 6.07) is 0. The lowest BCUT2D eigenvalue weighted by Crippen LogP contribution is -1.94. The van der Waals surface area contributed by atoms with E-state index < -0.39 is 0 Å². The number of thioether (sulfide) groups is 1. The van der Waals surface area contributed by atoms with Crippen molar-refractivity contribution in [3.05, 3.63) is 0 Å². The molecule has 0 spiro atoms. The molecule has 1 rings (SSSR count). The van der Waals surface area contributed by atoms with E-state index in [1.54, 1.807) is 0 Å². The molecule has 1 fully saturated rings. The van der Waals surface area contributed by atoms with E-state index in [0.717, 1.165) is 24.5 Å². The molecule has 0 radical (unpaired) electrons. The molecule has 1 unspecified atom stereocenters. The quantitative estimate of drug-likeness (QED) is 0.559. The molecule has 1 atom stereocenters. The Morgan fingerprint density at radius 1 is 1.36 bits per heavy atom.